The van der Waals surface area contributed by atoms with Crippen molar-refractivity contribution in [3.63, 3.8) is 0 Å². The summed E-state index contributed by atoms with van der Waals surface area (Å²) < 4.78 is 5.34. The molecule has 0 atom stereocenters. The number of carbonyl (C=O) groups is 1. The van der Waals surface area contributed by atoms with Gasteiger partial charge in [-0.05, 0) is 31.4 Å². The average Bonchev–Trinajstić information content (AvgIpc) is 3.04. The van der Waals surface area contributed by atoms with Gasteiger partial charge in [0.25, 0.3) is 5.91 Å². The highest BCUT2D eigenvalue weighted by molar-refractivity contribution is 5.93. The molecule has 1 aromatic carbocycles. The summed E-state index contributed by atoms with van der Waals surface area (Å²) in [6.45, 7) is 3.68. The van der Waals surface area contributed by atoms with E-state index in [0.717, 1.165) is 35.0 Å². The summed E-state index contributed by atoms with van der Waals surface area (Å²) in [4.78, 5) is 24.7. The van der Waals surface area contributed by atoms with Crippen molar-refractivity contribution in [2.24, 2.45) is 5.73 Å². The minimum Gasteiger partial charge on any atom is -0.381 e. The van der Waals surface area contributed by atoms with Crippen LogP contribution in [0.15, 0.2) is 36.7 Å². The molecule has 0 aliphatic carbocycles. The molecule has 4 N–H and O–H groups in total. The second kappa shape index (κ2) is 7.09. The topological polar surface area (TPSA) is 106 Å². The Labute approximate surface area is 157 Å². The lowest BCUT2D eigenvalue weighted by atomic mass is 9.91. The first-order valence-corrected chi connectivity index (χ1v) is 9.10. The summed E-state index contributed by atoms with van der Waals surface area (Å²) in [5.41, 5.74) is 9.82. The van der Waals surface area contributed by atoms with Crippen molar-refractivity contribution in [3.8, 4) is 11.4 Å². The Balaban J connectivity index is 1.55. The van der Waals surface area contributed by atoms with Gasteiger partial charge in [0, 0.05) is 36.2 Å². The standard InChI is InChI=1S/C20H23N5O2/c1-13-14-4-2-3-5-15(14)25-18(13)16-10-22-11-17(24-16)19(26)23-12-20(21)6-8-27-9-7-20/h2-5,10-11,25H,6-9,12,21H2,1H3,(H,23,26). The number of H-pyrrole nitrogens is 1. The summed E-state index contributed by atoms with van der Waals surface area (Å²) in [6.07, 6.45) is 4.60. The predicted octanol–water partition coefficient (Wildman–Crippen LogP) is 2.17. The summed E-state index contributed by atoms with van der Waals surface area (Å²) >= 11 is 0. The second-order valence-corrected chi connectivity index (χ2v) is 7.12. The number of aromatic nitrogens is 3. The fraction of sp³-hybridized carbons (Fsp3) is 0.350. The average molecular weight is 365 g/mol. The van der Waals surface area contributed by atoms with Gasteiger partial charge in [-0.1, -0.05) is 18.2 Å². The third kappa shape index (κ3) is 3.56. The molecular formula is C20H23N5O2. The molecule has 1 aliphatic rings. The van der Waals surface area contributed by atoms with Gasteiger partial charge in [0.2, 0.25) is 0 Å². The molecule has 0 bridgehead atoms. The first-order chi connectivity index (χ1) is 13.1. The lowest BCUT2D eigenvalue weighted by Crippen LogP contribution is -2.53. The maximum absolute atomic E-state index is 12.6. The van der Waals surface area contributed by atoms with Crippen LogP contribution in [0.1, 0.15) is 28.9 Å². The molecule has 1 saturated heterocycles. The molecule has 1 amide bonds. The molecule has 2 aromatic heterocycles. The van der Waals surface area contributed by atoms with Gasteiger partial charge in [-0.2, -0.15) is 0 Å². The maximum Gasteiger partial charge on any atom is 0.271 e. The number of benzene rings is 1. The number of hydrogen-bond acceptors (Lipinski definition) is 5. The highest BCUT2D eigenvalue weighted by Crippen LogP contribution is 2.28. The quantitative estimate of drug-likeness (QED) is 0.657. The first-order valence-electron chi connectivity index (χ1n) is 9.10. The number of nitrogens with two attached hydrogens (primary N) is 1. The molecule has 140 valence electrons. The van der Waals surface area contributed by atoms with Gasteiger partial charge in [-0.15, -0.1) is 0 Å². The summed E-state index contributed by atoms with van der Waals surface area (Å²) in [5, 5.41) is 4.03. The molecule has 0 saturated carbocycles. The van der Waals surface area contributed by atoms with E-state index in [2.05, 4.69) is 26.3 Å². The van der Waals surface area contributed by atoms with Gasteiger partial charge in [0.05, 0.1) is 18.1 Å². The van der Waals surface area contributed by atoms with Gasteiger partial charge in [0.1, 0.15) is 11.4 Å². The first kappa shape index (κ1) is 17.6. The number of fused-ring (bicyclic) bond motifs is 1. The lowest BCUT2D eigenvalue weighted by molar-refractivity contribution is 0.0518. The van der Waals surface area contributed by atoms with E-state index in [0.29, 0.717) is 25.5 Å². The number of aryl methyl sites for hydroxylation is 1. The van der Waals surface area contributed by atoms with Crippen LogP contribution in [-0.2, 0) is 4.74 Å². The van der Waals surface area contributed by atoms with E-state index in [1.807, 2.05) is 25.1 Å². The molecule has 1 fully saturated rings. The number of ether oxygens (including phenoxy) is 1. The van der Waals surface area contributed by atoms with E-state index < -0.39 is 5.54 Å². The van der Waals surface area contributed by atoms with Crippen LogP contribution in [0.3, 0.4) is 0 Å². The Morgan fingerprint density at radius 1 is 1.30 bits per heavy atom. The van der Waals surface area contributed by atoms with Crippen LogP contribution in [0.5, 0.6) is 0 Å². The zero-order chi connectivity index (χ0) is 18.9. The molecule has 1 aliphatic heterocycles. The summed E-state index contributed by atoms with van der Waals surface area (Å²) in [5.74, 6) is -0.269. The summed E-state index contributed by atoms with van der Waals surface area (Å²) in [6, 6.07) is 8.06. The van der Waals surface area contributed by atoms with E-state index in [1.165, 1.54) is 6.20 Å². The Morgan fingerprint density at radius 2 is 2.07 bits per heavy atom. The molecule has 27 heavy (non-hydrogen) atoms. The number of nitrogens with one attached hydrogen (secondary N) is 2. The minimum atomic E-state index is -0.424. The smallest absolute Gasteiger partial charge is 0.271 e. The zero-order valence-corrected chi connectivity index (χ0v) is 15.3. The van der Waals surface area contributed by atoms with Gasteiger partial charge >= 0.3 is 0 Å². The van der Waals surface area contributed by atoms with Crippen LogP contribution in [0.4, 0.5) is 0 Å². The van der Waals surface area contributed by atoms with Crippen LogP contribution in [0.25, 0.3) is 22.3 Å². The molecule has 7 heteroatoms. The van der Waals surface area contributed by atoms with Crippen LogP contribution >= 0.6 is 0 Å². The van der Waals surface area contributed by atoms with E-state index in [9.17, 15) is 4.79 Å². The van der Waals surface area contributed by atoms with Crippen molar-refractivity contribution in [1.29, 1.82) is 0 Å². The van der Waals surface area contributed by atoms with E-state index in [1.54, 1.807) is 6.20 Å². The highest BCUT2D eigenvalue weighted by atomic mass is 16.5. The van der Waals surface area contributed by atoms with Crippen LogP contribution in [0, 0.1) is 6.92 Å². The van der Waals surface area contributed by atoms with Crippen molar-refractivity contribution in [1.82, 2.24) is 20.3 Å². The number of hydrogen-bond donors (Lipinski definition) is 3. The monoisotopic (exact) mass is 365 g/mol. The molecule has 0 unspecified atom stereocenters. The largest absolute Gasteiger partial charge is 0.381 e. The van der Waals surface area contributed by atoms with Crippen molar-refractivity contribution in [3.05, 3.63) is 47.9 Å². The molecule has 7 nitrogen and oxygen atoms in total. The van der Waals surface area contributed by atoms with Gasteiger partial charge in [-0.25, -0.2) is 4.98 Å². The normalized spacial score (nSPS) is 16.4. The van der Waals surface area contributed by atoms with E-state index >= 15 is 0 Å². The number of aromatic amines is 1. The molecule has 0 spiro atoms. The van der Waals surface area contributed by atoms with Crippen LogP contribution in [0.2, 0.25) is 0 Å². The van der Waals surface area contributed by atoms with Crippen molar-refractivity contribution in [2.75, 3.05) is 19.8 Å². The third-order valence-corrected chi connectivity index (χ3v) is 5.18. The number of para-hydroxylation sites is 1. The van der Waals surface area contributed by atoms with Crippen LogP contribution < -0.4 is 11.1 Å². The predicted molar refractivity (Wildman–Crippen MR) is 103 cm³/mol. The van der Waals surface area contributed by atoms with Crippen LogP contribution in [-0.4, -0.2) is 46.2 Å². The lowest BCUT2D eigenvalue weighted by Gasteiger charge is -2.33. The molecule has 3 aromatic rings. The SMILES string of the molecule is Cc1c(-c2cncc(C(=O)NCC3(N)CCOCC3)n2)[nH]c2ccccc12. The number of carbonyl (C=O) groups excluding carboxylic acids is 1. The van der Waals surface area contributed by atoms with Crippen molar-refractivity contribution < 1.29 is 9.53 Å². The van der Waals surface area contributed by atoms with Crippen molar-refractivity contribution in [2.45, 2.75) is 25.3 Å². The maximum atomic E-state index is 12.6. The van der Waals surface area contributed by atoms with Crippen molar-refractivity contribution >= 4 is 16.8 Å². The number of rotatable bonds is 4. The van der Waals surface area contributed by atoms with Gasteiger partial charge in [-0.3, -0.25) is 9.78 Å². The number of amides is 1. The zero-order valence-electron chi connectivity index (χ0n) is 15.3. The Kier molecular flexibility index (Phi) is 4.63. The second-order valence-electron chi connectivity index (χ2n) is 7.12. The van der Waals surface area contributed by atoms with E-state index in [-0.39, 0.29) is 11.6 Å². The Bertz CT molecular complexity index is 975. The third-order valence-electron chi connectivity index (χ3n) is 5.18. The highest BCUT2D eigenvalue weighted by Gasteiger charge is 2.28. The minimum absolute atomic E-state index is 0.269. The number of nitrogens with zero attached hydrogens (tertiary/aromatic N) is 2. The van der Waals surface area contributed by atoms with Gasteiger partial charge < -0.3 is 20.8 Å². The molecular weight excluding hydrogens is 342 g/mol. The Morgan fingerprint density at radius 3 is 2.85 bits per heavy atom. The summed E-state index contributed by atoms with van der Waals surface area (Å²) in [7, 11) is 0. The fourth-order valence-electron chi connectivity index (χ4n) is 3.44. The molecule has 3 heterocycles. The van der Waals surface area contributed by atoms with E-state index in [4.69, 9.17) is 10.5 Å². The Hall–Kier alpha value is -2.77. The molecule has 4 rings (SSSR count). The van der Waals surface area contributed by atoms with Gasteiger partial charge in [0.15, 0.2) is 0 Å². The fourth-order valence-corrected chi connectivity index (χ4v) is 3.44. The molecule has 0 radical (unpaired) electrons.